The Morgan fingerprint density at radius 1 is 1.23 bits per heavy atom. The zero-order valence-corrected chi connectivity index (χ0v) is 17.2. The molecule has 0 radical (unpaired) electrons. The van der Waals surface area contributed by atoms with Gasteiger partial charge in [-0.15, -0.1) is 0 Å². The second-order valence-corrected chi connectivity index (χ2v) is 8.00. The van der Waals surface area contributed by atoms with Crippen molar-refractivity contribution in [3.05, 3.63) is 39.4 Å². The number of hydrogen-bond donors (Lipinski definition) is 1. The summed E-state index contributed by atoms with van der Waals surface area (Å²) in [6.45, 7) is 3.79. The minimum Gasteiger partial charge on any atom is -0.391 e. The molecule has 164 valence electrons. The highest BCUT2D eigenvalue weighted by Gasteiger charge is 2.24. The second-order valence-electron chi connectivity index (χ2n) is 8.00. The maximum absolute atomic E-state index is 12.3. The molecule has 2 aliphatic rings. The fourth-order valence-electron chi connectivity index (χ4n) is 4.19. The van der Waals surface area contributed by atoms with Gasteiger partial charge in [-0.1, -0.05) is 24.4 Å². The number of piperazine rings is 1. The van der Waals surface area contributed by atoms with Crippen LogP contribution in [0, 0.1) is 16.0 Å². The molecule has 0 spiro atoms. The van der Waals surface area contributed by atoms with E-state index in [4.69, 9.17) is 4.84 Å². The second kappa shape index (κ2) is 11.0. The molecule has 0 atom stereocenters. The van der Waals surface area contributed by atoms with Crippen LogP contribution in [0.15, 0.2) is 23.4 Å². The first-order valence-electron chi connectivity index (χ1n) is 10.6. The number of carbonyl (C=O) groups excluding carboxylic acids is 1. The molecule has 0 unspecified atom stereocenters. The number of benzene rings is 1. The Bertz CT molecular complexity index is 756. The van der Waals surface area contributed by atoms with Crippen LogP contribution < -0.4 is 0 Å². The van der Waals surface area contributed by atoms with Crippen LogP contribution in [0.2, 0.25) is 0 Å². The summed E-state index contributed by atoms with van der Waals surface area (Å²) in [5, 5.41) is 23.9. The molecule has 1 N–H and O–H groups in total. The summed E-state index contributed by atoms with van der Waals surface area (Å²) in [6, 6.07) is 4.29. The van der Waals surface area contributed by atoms with Crippen molar-refractivity contribution in [3.63, 3.8) is 0 Å². The van der Waals surface area contributed by atoms with E-state index in [2.05, 4.69) is 10.1 Å². The normalized spacial score (nSPS) is 18.6. The lowest BCUT2D eigenvalue weighted by Crippen LogP contribution is -2.50. The van der Waals surface area contributed by atoms with Crippen molar-refractivity contribution >= 4 is 17.8 Å². The molecule has 3 rings (SSSR count). The largest absolute Gasteiger partial charge is 0.391 e. The predicted octanol–water partition coefficient (Wildman–Crippen LogP) is 2.16. The Morgan fingerprint density at radius 2 is 1.97 bits per heavy atom. The van der Waals surface area contributed by atoms with Crippen LogP contribution in [0.4, 0.5) is 5.69 Å². The quantitative estimate of drug-likeness (QED) is 0.394. The third-order valence-electron chi connectivity index (χ3n) is 5.90. The molecule has 0 bridgehead atoms. The first-order chi connectivity index (χ1) is 14.6. The Morgan fingerprint density at radius 3 is 2.63 bits per heavy atom. The monoisotopic (exact) mass is 418 g/mol. The average Bonchev–Trinajstić information content (AvgIpc) is 2.77. The van der Waals surface area contributed by atoms with E-state index in [1.807, 2.05) is 4.90 Å². The predicted molar refractivity (Wildman–Crippen MR) is 112 cm³/mol. The number of rotatable bonds is 8. The molecule has 1 aliphatic heterocycles. The van der Waals surface area contributed by atoms with E-state index in [0.717, 1.165) is 25.6 Å². The van der Waals surface area contributed by atoms with Crippen molar-refractivity contribution in [1.29, 1.82) is 0 Å². The van der Waals surface area contributed by atoms with Crippen LogP contribution in [0.3, 0.4) is 0 Å². The zero-order chi connectivity index (χ0) is 21.3. The first kappa shape index (κ1) is 22.2. The van der Waals surface area contributed by atoms with E-state index in [9.17, 15) is 20.0 Å². The number of nitro benzene ring substituents is 1. The van der Waals surface area contributed by atoms with Gasteiger partial charge in [-0.2, -0.15) is 0 Å². The maximum atomic E-state index is 12.3. The number of carbonyl (C=O) groups is 1. The molecule has 0 aromatic heterocycles. The summed E-state index contributed by atoms with van der Waals surface area (Å²) in [5.74, 6) is 0.716. The summed E-state index contributed by atoms with van der Waals surface area (Å²) >= 11 is 0. The molecule has 9 nitrogen and oxygen atoms in total. The van der Waals surface area contributed by atoms with Crippen LogP contribution in [0.25, 0.3) is 0 Å². The van der Waals surface area contributed by atoms with E-state index in [1.165, 1.54) is 56.5 Å². The van der Waals surface area contributed by atoms with Crippen molar-refractivity contribution in [2.45, 2.75) is 38.7 Å². The van der Waals surface area contributed by atoms with Gasteiger partial charge in [0, 0.05) is 38.8 Å². The Kier molecular flexibility index (Phi) is 8.15. The van der Waals surface area contributed by atoms with Crippen molar-refractivity contribution in [2.75, 3.05) is 39.3 Å². The highest BCUT2D eigenvalue weighted by Crippen LogP contribution is 2.24. The number of nitro groups is 1. The van der Waals surface area contributed by atoms with Gasteiger partial charge in [0.2, 0.25) is 0 Å². The summed E-state index contributed by atoms with van der Waals surface area (Å²) < 4.78 is 0. The average molecular weight is 418 g/mol. The van der Waals surface area contributed by atoms with E-state index in [-0.39, 0.29) is 23.8 Å². The highest BCUT2D eigenvalue weighted by molar-refractivity contribution is 5.80. The molecule has 30 heavy (non-hydrogen) atoms. The molecule has 1 aliphatic carbocycles. The van der Waals surface area contributed by atoms with E-state index >= 15 is 0 Å². The Labute approximate surface area is 176 Å². The van der Waals surface area contributed by atoms with Crippen LogP contribution >= 0.6 is 0 Å². The van der Waals surface area contributed by atoms with Gasteiger partial charge in [-0.05, 0) is 36.5 Å². The lowest BCUT2D eigenvalue weighted by molar-refractivity contribution is -0.385. The molecule has 2 fully saturated rings. The number of aliphatic hydroxyl groups excluding tert-OH is 1. The van der Waals surface area contributed by atoms with Crippen molar-refractivity contribution < 1.29 is 19.7 Å². The van der Waals surface area contributed by atoms with Crippen LogP contribution in [0.1, 0.15) is 43.2 Å². The van der Waals surface area contributed by atoms with Gasteiger partial charge in [0.1, 0.15) is 0 Å². The van der Waals surface area contributed by atoms with Crippen LogP contribution in [0.5, 0.6) is 0 Å². The topological polar surface area (TPSA) is 109 Å². The van der Waals surface area contributed by atoms with E-state index in [0.29, 0.717) is 18.7 Å². The SMILES string of the molecule is O=C(CON=Cc1ccc([N+](=O)[O-])c(CO)c1)N1CCN(CC2CCCCC2)CC1. The lowest BCUT2D eigenvalue weighted by Gasteiger charge is -2.37. The molecular weight excluding hydrogens is 388 g/mol. The fraction of sp³-hybridized carbons (Fsp3) is 0.619. The Balaban J connectivity index is 1.39. The van der Waals surface area contributed by atoms with Gasteiger partial charge in [-0.3, -0.25) is 19.8 Å². The molecular formula is C21H30N4O5. The molecule has 1 amide bonds. The molecule has 9 heteroatoms. The summed E-state index contributed by atoms with van der Waals surface area (Å²) in [5.41, 5.74) is 0.605. The van der Waals surface area contributed by atoms with Gasteiger partial charge in [0.15, 0.2) is 6.61 Å². The fourth-order valence-corrected chi connectivity index (χ4v) is 4.19. The number of aliphatic hydroxyl groups is 1. The van der Waals surface area contributed by atoms with Gasteiger partial charge < -0.3 is 14.8 Å². The summed E-state index contributed by atoms with van der Waals surface area (Å²) in [6.07, 6.45) is 8.11. The van der Waals surface area contributed by atoms with Gasteiger partial charge >= 0.3 is 0 Å². The third-order valence-corrected chi connectivity index (χ3v) is 5.90. The van der Waals surface area contributed by atoms with Crippen molar-refractivity contribution in [3.8, 4) is 0 Å². The van der Waals surface area contributed by atoms with Gasteiger partial charge in [0.25, 0.3) is 11.6 Å². The molecule has 1 saturated carbocycles. The minimum atomic E-state index is -0.545. The number of amides is 1. The third kappa shape index (κ3) is 6.24. The summed E-state index contributed by atoms with van der Waals surface area (Å²) in [7, 11) is 0. The van der Waals surface area contributed by atoms with E-state index in [1.54, 1.807) is 0 Å². The Hall–Kier alpha value is -2.52. The zero-order valence-electron chi connectivity index (χ0n) is 17.2. The molecule has 1 aromatic carbocycles. The molecule has 1 saturated heterocycles. The van der Waals surface area contributed by atoms with Crippen molar-refractivity contribution in [2.24, 2.45) is 11.1 Å². The van der Waals surface area contributed by atoms with Crippen LogP contribution in [-0.2, 0) is 16.2 Å². The number of oxime groups is 1. The van der Waals surface area contributed by atoms with Gasteiger partial charge in [-0.25, -0.2) is 0 Å². The standard InChI is InChI=1S/C21H30N4O5/c26-15-19-12-18(6-7-20(19)25(28)29)13-22-30-16-21(27)24-10-8-23(9-11-24)14-17-4-2-1-3-5-17/h6-7,12-13,17,26H,1-5,8-11,14-16H2. The molecule has 1 heterocycles. The number of hydrogen-bond acceptors (Lipinski definition) is 7. The first-order valence-corrected chi connectivity index (χ1v) is 10.6. The van der Waals surface area contributed by atoms with Crippen molar-refractivity contribution in [1.82, 2.24) is 9.80 Å². The molecule has 1 aromatic rings. The summed E-state index contributed by atoms with van der Waals surface area (Å²) in [4.78, 5) is 32.1. The highest BCUT2D eigenvalue weighted by atomic mass is 16.6. The lowest BCUT2D eigenvalue weighted by atomic mass is 9.89. The maximum Gasteiger partial charge on any atom is 0.274 e. The van der Waals surface area contributed by atoms with Gasteiger partial charge in [0.05, 0.1) is 23.3 Å². The van der Waals surface area contributed by atoms with Crippen LogP contribution in [-0.4, -0.2) is 71.3 Å². The van der Waals surface area contributed by atoms with E-state index < -0.39 is 11.5 Å². The smallest absolute Gasteiger partial charge is 0.274 e. The minimum absolute atomic E-state index is 0.0933. The number of nitrogens with zero attached hydrogens (tertiary/aromatic N) is 4.